The van der Waals surface area contributed by atoms with Crippen LogP contribution in [-0.2, 0) is 0 Å². The van der Waals surface area contributed by atoms with Gasteiger partial charge in [-0.25, -0.2) is 4.98 Å². The second-order valence-corrected chi connectivity index (χ2v) is 4.98. The van der Waals surface area contributed by atoms with Crippen molar-refractivity contribution in [3.63, 3.8) is 0 Å². The molecule has 19 heavy (non-hydrogen) atoms. The van der Waals surface area contributed by atoms with Gasteiger partial charge in [0.25, 0.3) is 0 Å². The Balaban J connectivity index is 1.74. The molecule has 104 valence electrons. The van der Waals surface area contributed by atoms with Gasteiger partial charge in [0.15, 0.2) is 0 Å². The van der Waals surface area contributed by atoms with E-state index in [4.69, 9.17) is 5.73 Å². The van der Waals surface area contributed by atoms with Crippen LogP contribution in [0.15, 0.2) is 18.3 Å². The molecule has 1 aliphatic rings. The second kappa shape index (κ2) is 7.09. The predicted octanol–water partition coefficient (Wildman–Crippen LogP) is 1.47. The molecule has 0 aliphatic carbocycles. The highest BCUT2D eigenvalue weighted by molar-refractivity contribution is 5.92. The number of amides is 1. The number of anilines is 1. The van der Waals surface area contributed by atoms with Crippen LogP contribution in [0.5, 0.6) is 0 Å². The van der Waals surface area contributed by atoms with E-state index in [0.717, 1.165) is 18.9 Å². The zero-order chi connectivity index (χ0) is 13.5. The van der Waals surface area contributed by atoms with Crippen molar-refractivity contribution in [2.24, 2.45) is 5.73 Å². The molecule has 5 heteroatoms. The standard InChI is InChI=1S/C14H22N4O/c15-14(19)12-5-6-13(17-11-12)16-7-10-18-8-3-1-2-4-9-18/h5-6,11H,1-4,7-10H2,(H2,15,19)(H,16,17). The lowest BCUT2D eigenvalue weighted by Gasteiger charge is -2.19. The van der Waals surface area contributed by atoms with Gasteiger partial charge in [0.1, 0.15) is 5.82 Å². The van der Waals surface area contributed by atoms with Crippen LogP contribution in [0.1, 0.15) is 36.0 Å². The number of nitrogens with one attached hydrogen (secondary N) is 1. The number of pyridine rings is 1. The Labute approximate surface area is 114 Å². The molecule has 0 aromatic carbocycles. The van der Waals surface area contributed by atoms with Gasteiger partial charge in [-0.05, 0) is 38.1 Å². The summed E-state index contributed by atoms with van der Waals surface area (Å²) in [7, 11) is 0. The number of hydrogen-bond donors (Lipinski definition) is 2. The maximum atomic E-state index is 10.9. The number of carbonyl (C=O) groups is 1. The molecule has 3 N–H and O–H groups in total. The number of carbonyl (C=O) groups excluding carboxylic acids is 1. The normalized spacial score (nSPS) is 16.8. The zero-order valence-corrected chi connectivity index (χ0v) is 11.3. The summed E-state index contributed by atoms with van der Waals surface area (Å²) in [6.07, 6.45) is 6.86. The van der Waals surface area contributed by atoms with Crippen molar-refractivity contribution in [3.8, 4) is 0 Å². The van der Waals surface area contributed by atoms with Gasteiger partial charge >= 0.3 is 0 Å². The minimum atomic E-state index is -0.441. The molecule has 0 saturated carbocycles. The molecule has 0 atom stereocenters. The van der Waals surface area contributed by atoms with Crippen LogP contribution >= 0.6 is 0 Å². The van der Waals surface area contributed by atoms with Gasteiger partial charge in [0.2, 0.25) is 5.91 Å². The van der Waals surface area contributed by atoms with E-state index in [0.29, 0.717) is 5.56 Å². The molecule has 1 aromatic heterocycles. The minimum Gasteiger partial charge on any atom is -0.369 e. The molecule has 0 bridgehead atoms. The highest BCUT2D eigenvalue weighted by Crippen LogP contribution is 2.09. The van der Waals surface area contributed by atoms with Crippen LogP contribution in [0.25, 0.3) is 0 Å². The Kier molecular flexibility index (Phi) is 5.15. The number of aromatic nitrogens is 1. The van der Waals surface area contributed by atoms with E-state index >= 15 is 0 Å². The molecular formula is C14H22N4O. The van der Waals surface area contributed by atoms with Crippen molar-refractivity contribution in [1.29, 1.82) is 0 Å². The van der Waals surface area contributed by atoms with E-state index in [1.54, 1.807) is 12.1 Å². The summed E-state index contributed by atoms with van der Waals surface area (Å²) in [5.41, 5.74) is 5.61. The topological polar surface area (TPSA) is 71.2 Å². The monoisotopic (exact) mass is 262 g/mol. The lowest BCUT2D eigenvalue weighted by molar-refractivity contribution is 0.1000. The van der Waals surface area contributed by atoms with Crippen LogP contribution in [0.3, 0.4) is 0 Å². The van der Waals surface area contributed by atoms with E-state index in [-0.39, 0.29) is 0 Å². The number of nitrogens with zero attached hydrogens (tertiary/aromatic N) is 2. The summed E-state index contributed by atoms with van der Waals surface area (Å²) < 4.78 is 0. The maximum absolute atomic E-state index is 10.9. The van der Waals surface area contributed by atoms with Gasteiger partial charge in [-0.15, -0.1) is 0 Å². The van der Waals surface area contributed by atoms with Gasteiger partial charge in [-0.3, -0.25) is 4.79 Å². The van der Waals surface area contributed by atoms with Gasteiger partial charge < -0.3 is 16.0 Å². The summed E-state index contributed by atoms with van der Waals surface area (Å²) in [5, 5.41) is 3.27. The highest BCUT2D eigenvalue weighted by atomic mass is 16.1. The predicted molar refractivity (Wildman–Crippen MR) is 76.2 cm³/mol. The van der Waals surface area contributed by atoms with Gasteiger partial charge in [0, 0.05) is 19.3 Å². The smallest absolute Gasteiger partial charge is 0.250 e. The van der Waals surface area contributed by atoms with Crippen LogP contribution in [0, 0.1) is 0 Å². The van der Waals surface area contributed by atoms with E-state index in [1.807, 2.05) is 0 Å². The Bertz CT molecular complexity index is 396. The fraction of sp³-hybridized carbons (Fsp3) is 0.571. The molecule has 1 amide bonds. The van der Waals surface area contributed by atoms with Crippen molar-refractivity contribution in [2.45, 2.75) is 25.7 Å². The molecule has 0 radical (unpaired) electrons. The first-order valence-corrected chi connectivity index (χ1v) is 6.98. The number of likely N-dealkylation sites (tertiary alicyclic amines) is 1. The van der Waals surface area contributed by atoms with E-state index in [2.05, 4.69) is 15.2 Å². The third kappa shape index (κ3) is 4.52. The quantitative estimate of drug-likeness (QED) is 0.843. The third-order valence-electron chi connectivity index (χ3n) is 3.48. The first-order chi connectivity index (χ1) is 9.25. The maximum Gasteiger partial charge on any atom is 0.250 e. The zero-order valence-electron chi connectivity index (χ0n) is 11.3. The van der Waals surface area contributed by atoms with E-state index < -0.39 is 5.91 Å². The van der Waals surface area contributed by atoms with Crippen LogP contribution in [-0.4, -0.2) is 42.0 Å². The average Bonchev–Trinajstić information content (AvgIpc) is 2.68. The number of hydrogen-bond acceptors (Lipinski definition) is 4. The lowest BCUT2D eigenvalue weighted by atomic mass is 10.2. The molecule has 1 aliphatic heterocycles. The molecule has 0 spiro atoms. The van der Waals surface area contributed by atoms with Gasteiger partial charge in [-0.1, -0.05) is 12.8 Å². The van der Waals surface area contributed by atoms with Crippen LogP contribution < -0.4 is 11.1 Å². The molecule has 2 heterocycles. The number of rotatable bonds is 5. The Hall–Kier alpha value is -1.62. The first kappa shape index (κ1) is 13.8. The minimum absolute atomic E-state index is 0.441. The average molecular weight is 262 g/mol. The summed E-state index contributed by atoms with van der Waals surface area (Å²) in [5.74, 6) is 0.350. The summed E-state index contributed by atoms with van der Waals surface area (Å²) in [6.45, 7) is 4.33. The second-order valence-electron chi connectivity index (χ2n) is 4.98. The van der Waals surface area contributed by atoms with E-state index in [1.165, 1.54) is 45.0 Å². The molecular weight excluding hydrogens is 240 g/mol. The van der Waals surface area contributed by atoms with Crippen LogP contribution in [0.2, 0.25) is 0 Å². The highest BCUT2D eigenvalue weighted by Gasteiger charge is 2.08. The largest absolute Gasteiger partial charge is 0.369 e. The summed E-state index contributed by atoms with van der Waals surface area (Å²) >= 11 is 0. The fourth-order valence-corrected chi connectivity index (χ4v) is 2.35. The molecule has 1 saturated heterocycles. The van der Waals surface area contributed by atoms with Crippen molar-refractivity contribution >= 4 is 11.7 Å². The molecule has 2 rings (SSSR count). The van der Waals surface area contributed by atoms with Crippen molar-refractivity contribution < 1.29 is 4.79 Å². The van der Waals surface area contributed by atoms with Gasteiger partial charge in [-0.2, -0.15) is 0 Å². The Morgan fingerprint density at radius 1 is 1.26 bits per heavy atom. The van der Waals surface area contributed by atoms with E-state index in [9.17, 15) is 4.79 Å². The summed E-state index contributed by atoms with van der Waals surface area (Å²) in [6, 6.07) is 3.49. The number of nitrogens with two attached hydrogens (primary N) is 1. The summed E-state index contributed by atoms with van der Waals surface area (Å²) in [4.78, 5) is 17.6. The lowest BCUT2D eigenvalue weighted by Crippen LogP contribution is -2.30. The van der Waals surface area contributed by atoms with Crippen molar-refractivity contribution in [1.82, 2.24) is 9.88 Å². The van der Waals surface area contributed by atoms with Crippen LogP contribution in [0.4, 0.5) is 5.82 Å². The van der Waals surface area contributed by atoms with Crippen molar-refractivity contribution in [2.75, 3.05) is 31.5 Å². The Morgan fingerprint density at radius 2 is 2.00 bits per heavy atom. The molecule has 5 nitrogen and oxygen atoms in total. The first-order valence-electron chi connectivity index (χ1n) is 6.98. The third-order valence-corrected chi connectivity index (χ3v) is 3.48. The fourth-order valence-electron chi connectivity index (χ4n) is 2.35. The molecule has 0 unspecified atom stereocenters. The Morgan fingerprint density at radius 3 is 2.58 bits per heavy atom. The van der Waals surface area contributed by atoms with Gasteiger partial charge in [0.05, 0.1) is 5.56 Å². The molecule has 1 fully saturated rings. The van der Waals surface area contributed by atoms with Crippen molar-refractivity contribution in [3.05, 3.63) is 23.9 Å². The molecule has 1 aromatic rings. The number of primary amides is 1. The SMILES string of the molecule is NC(=O)c1ccc(NCCN2CCCCCC2)nc1.